The maximum Gasteiger partial charge on any atom is 0.270 e. The predicted octanol–water partition coefficient (Wildman–Crippen LogP) is 3.40. The number of aromatic nitrogens is 2. The second-order valence-corrected chi connectivity index (χ2v) is 6.82. The fourth-order valence-electron chi connectivity index (χ4n) is 3.60. The molecule has 0 spiro atoms. The third-order valence-electron chi connectivity index (χ3n) is 5.09. The van der Waals surface area contributed by atoms with Gasteiger partial charge >= 0.3 is 0 Å². The van der Waals surface area contributed by atoms with Crippen LogP contribution in [0.25, 0.3) is 11.0 Å². The molecule has 3 aromatic rings. The van der Waals surface area contributed by atoms with Crippen molar-refractivity contribution in [2.45, 2.75) is 32.1 Å². The van der Waals surface area contributed by atoms with Crippen molar-refractivity contribution in [1.29, 1.82) is 0 Å². The largest absolute Gasteiger partial charge is 0.319 e. The molecule has 1 aliphatic heterocycles. The molecule has 5 nitrogen and oxygen atoms in total. The Kier molecular flexibility index (Phi) is 4.29. The number of hydrogen-bond donors (Lipinski definition) is 1. The van der Waals surface area contributed by atoms with Gasteiger partial charge in [0.25, 0.3) is 5.56 Å². The zero-order valence-electron chi connectivity index (χ0n) is 14.7. The van der Waals surface area contributed by atoms with Crippen molar-refractivity contribution in [3.63, 3.8) is 0 Å². The predicted molar refractivity (Wildman–Crippen MR) is 103 cm³/mol. The van der Waals surface area contributed by atoms with Crippen LogP contribution < -0.4 is 10.5 Å². The molecule has 132 valence electrons. The number of anilines is 1. The molecule has 26 heavy (non-hydrogen) atoms. The van der Waals surface area contributed by atoms with Crippen molar-refractivity contribution in [2.75, 3.05) is 11.4 Å². The Morgan fingerprint density at radius 1 is 1.19 bits per heavy atom. The van der Waals surface area contributed by atoms with Crippen LogP contribution in [0.5, 0.6) is 0 Å². The summed E-state index contributed by atoms with van der Waals surface area (Å²) < 4.78 is 0. The van der Waals surface area contributed by atoms with Crippen molar-refractivity contribution >= 4 is 22.6 Å². The smallest absolute Gasteiger partial charge is 0.270 e. The highest BCUT2D eigenvalue weighted by Crippen LogP contribution is 2.35. The van der Waals surface area contributed by atoms with E-state index >= 15 is 0 Å². The second kappa shape index (κ2) is 6.75. The minimum absolute atomic E-state index is 0.0405. The number of rotatable bonds is 3. The van der Waals surface area contributed by atoms with Gasteiger partial charge in [-0.15, -0.1) is 0 Å². The molecule has 1 aliphatic rings. The third-order valence-corrected chi connectivity index (χ3v) is 5.09. The van der Waals surface area contributed by atoms with Crippen LogP contribution in [0.3, 0.4) is 0 Å². The number of fused-ring (bicyclic) bond motifs is 2. The minimum Gasteiger partial charge on any atom is -0.319 e. The molecule has 0 fully saturated rings. The number of carbonyl (C=O) groups excluding carboxylic acids is 1. The number of H-pyrrole nitrogens is 1. The zero-order chi connectivity index (χ0) is 18.1. The van der Waals surface area contributed by atoms with E-state index in [4.69, 9.17) is 0 Å². The third kappa shape index (κ3) is 3.01. The van der Waals surface area contributed by atoms with E-state index in [0.29, 0.717) is 23.5 Å². The lowest BCUT2D eigenvalue weighted by atomic mass is 9.91. The Hall–Kier alpha value is -2.95. The Morgan fingerprint density at radius 2 is 1.96 bits per heavy atom. The van der Waals surface area contributed by atoms with Crippen LogP contribution in [0.4, 0.5) is 5.69 Å². The number of nitrogens with zero attached hydrogens (tertiary/aromatic N) is 2. The summed E-state index contributed by atoms with van der Waals surface area (Å²) >= 11 is 0. The van der Waals surface area contributed by atoms with Gasteiger partial charge in [0.1, 0.15) is 5.69 Å². The summed E-state index contributed by atoms with van der Waals surface area (Å²) in [5, 5.41) is 0. The van der Waals surface area contributed by atoms with Gasteiger partial charge in [-0.1, -0.05) is 37.3 Å². The number of benzene rings is 2. The van der Waals surface area contributed by atoms with Gasteiger partial charge in [0.05, 0.1) is 11.0 Å². The van der Waals surface area contributed by atoms with Gasteiger partial charge in [-0.05, 0) is 36.1 Å². The summed E-state index contributed by atoms with van der Waals surface area (Å²) in [6, 6.07) is 15.5. The molecule has 4 rings (SSSR count). The van der Waals surface area contributed by atoms with Crippen LogP contribution in [-0.4, -0.2) is 22.4 Å². The molecule has 0 saturated heterocycles. The average Bonchev–Trinajstić information content (AvgIpc) is 2.66. The van der Waals surface area contributed by atoms with E-state index in [-0.39, 0.29) is 17.9 Å². The van der Waals surface area contributed by atoms with Crippen LogP contribution in [0.15, 0.2) is 53.3 Å². The molecule has 1 aromatic heterocycles. The topological polar surface area (TPSA) is 66.1 Å². The lowest BCUT2D eigenvalue weighted by Gasteiger charge is -2.33. The molecule has 1 atom stereocenters. The number of aromatic amines is 1. The molecular weight excluding hydrogens is 326 g/mol. The summed E-state index contributed by atoms with van der Waals surface area (Å²) in [4.78, 5) is 34.1. The number of nitrogens with one attached hydrogen (secondary N) is 1. The molecule has 0 bridgehead atoms. The van der Waals surface area contributed by atoms with Crippen LogP contribution in [0.1, 0.15) is 36.9 Å². The Bertz CT molecular complexity index is 1020. The molecule has 1 N–H and O–H groups in total. The van der Waals surface area contributed by atoms with Crippen LogP contribution in [0.2, 0.25) is 0 Å². The Morgan fingerprint density at radius 3 is 2.85 bits per heavy atom. The highest BCUT2D eigenvalue weighted by molar-refractivity contribution is 5.94. The number of amides is 1. The van der Waals surface area contributed by atoms with E-state index < -0.39 is 0 Å². The van der Waals surface area contributed by atoms with E-state index in [0.717, 1.165) is 24.2 Å². The maximum absolute atomic E-state index is 12.8. The fraction of sp³-hybridized carbons (Fsp3) is 0.286. The molecule has 1 unspecified atom stereocenters. The Balaban J connectivity index is 1.54. The lowest BCUT2D eigenvalue weighted by Crippen LogP contribution is -2.36. The normalized spacial score (nSPS) is 16.5. The first-order valence-electron chi connectivity index (χ1n) is 9.00. The van der Waals surface area contributed by atoms with Crippen LogP contribution in [-0.2, 0) is 11.2 Å². The second-order valence-electron chi connectivity index (χ2n) is 6.82. The van der Waals surface area contributed by atoms with Gasteiger partial charge in [-0.2, -0.15) is 0 Å². The molecule has 0 radical (unpaired) electrons. The van der Waals surface area contributed by atoms with Gasteiger partial charge in [-0.25, -0.2) is 4.98 Å². The van der Waals surface area contributed by atoms with Crippen molar-refractivity contribution in [1.82, 2.24) is 9.97 Å². The highest BCUT2D eigenvalue weighted by atomic mass is 16.2. The lowest BCUT2D eigenvalue weighted by molar-refractivity contribution is -0.118. The average molecular weight is 347 g/mol. The number of hydrogen-bond acceptors (Lipinski definition) is 3. The van der Waals surface area contributed by atoms with E-state index in [1.165, 1.54) is 5.56 Å². The number of aryl methyl sites for hydroxylation is 1. The van der Waals surface area contributed by atoms with Crippen molar-refractivity contribution in [3.05, 3.63) is 70.1 Å². The molecule has 1 amide bonds. The van der Waals surface area contributed by atoms with E-state index in [1.54, 1.807) is 0 Å². The van der Waals surface area contributed by atoms with E-state index in [2.05, 4.69) is 23.0 Å². The first-order valence-corrected chi connectivity index (χ1v) is 9.00. The minimum atomic E-state index is -0.218. The quantitative estimate of drug-likeness (QED) is 0.790. The number of para-hydroxylation sites is 3. The summed E-state index contributed by atoms with van der Waals surface area (Å²) in [5.41, 5.74) is 3.86. The van der Waals surface area contributed by atoms with E-state index in [1.807, 2.05) is 47.4 Å². The number of carbonyl (C=O) groups is 1. The van der Waals surface area contributed by atoms with Crippen LogP contribution >= 0.6 is 0 Å². The molecule has 2 aromatic carbocycles. The standard InChI is InChI=1S/C21H21N3O2/c1-14-12-13-24(19-9-5-2-6-15(14)19)20(25)11-10-18-21(26)23-17-8-4-3-7-16(17)22-18/h2-9,14H,10-13H2,1H3,(H,23,26). The van der Waals surface area contributed by atoms with Crippen molar-refractivity contribution < 1.29 is 4.79 Å². The molecule has 0 saturated carbocycles. The molecular formula is C21H21N3O2. The SMILES string of the molecule is CC1CCN(C(=O)CCc2nc3ccccc3[nH]c2=O)c2ccccc21. The van der Waals surface area contributed by atoms with Gasteiger partial charge < -0.3 is 9.88 Å². The van der Waals surface area contributed by atoms with Gasteiger partial charge in [-0.3, -0.25) is 9.59 Å². The summed E-state index contributed by atoms with van der Waals surface area (Å²) in [6.07, 6.45) is 1.57. The fourth-order valence-corrected chi connectivity index (χ4v) is 3.60. The van der Waals surface area contributed by atoms with Crippen molar-refractivity contribution in [2.24, 2.45) is 0 Å². The zero-order valence-corrected chi connectivity index (χ0v) is 14.7. The highest BCUT2D eigenvalue weighted by Gasteiger charge is 2.26. The molecule has 2 heterocycles. The van der Waals surface area contributed by atoms with Gasteiger partial charge in [0, 0.05) is 25.1 Å². The summed E-state index contributed by atoms with van der Waals surface area (Å²) in [5.74, 6) is 0.499. The maximum atomic E-state index is 12.8. The Labute approximate surface area is 151 Å². The van der Waals surface area contributed by atoms with E-state index in [9.17, 15) is 9.59 Å². The summed E-state index contributed by atoms with van der Waals surface area (Å²) in [6.45, 7) is 2.91. The summed E-state index contributed by atoms with van der Waals surface area (Å²) in [7, 11) is 0. The monoisotopic (exact) mass is 347 g/mol. The van der Waals surface area contributed by atoms with Crippen LogP contribution in [0, 0.1) is 0 Å². The molecule has 5 heteroatoms. The van der Waals surface area contributed by atoms with Crippen molar-refractivity contribution in [3.8, 4) is 0 Å². The van der Waals surface area contributed by atoms with Gasteiger partial charge in [0.15, 0.2) is 0 Å². The van der Waals surface area contributed by atoms with Gasteiger partial charge in [0.2, 0.25) is 5.91 Å². The first-order chi connectivity index (χ1) is 12.6. The first kappa shape index (κ1) is 16.5. The molecule has 0 aliphatic carbocycles.